The Morgan fingerprint density at radius 2 is 1.97 bits per heavy atom. The molecule has 1 aliphatic heterocycles. The topological polar surface area (TPSA) is 84.6 Å². The third-order valence-corrected chi connectivity index (χ3v) is 6.10. The molecule has 31 heavy (non-hydrogen) atoms. The maximum absolute atomic E-state index is 12.8. The summed E-state index contributed by atoms with van der Waals surface area (Å²) in [6.45, 7) is 7.99. The van der Waals surface area contributed by atoms with Crippen LogP contribution in [0.4, 0.5) is 0 Å². The van der Waals surface area contributed by atoms with Gasteiger partial charge in [-0.3, -0.25) is 9.19 Å². The van der Waals surface area contributed by atoms with E-state index in [1.165, 1.54) is 0 Å². The minimum absolute atomic E-state index is 0. The van der Waals surface area contributed by atoms with E-state index in [-0.39, 0.29) is 47.0 Å². The molecule has 0 aliphatic carbocycles. The molecule has 4 rings (SSSR count). The molecule has 1 saturated heterocycles. The molecule has 0 bridgehead atoms. The first-order chi connectivity index (χ1) is 14.4. The molecule has 0 N–H and O–H groups in total. The molecule has 9 heteroatoms. The van der Waals surface area contributed by atoms with Crippen molar-refractivity contribution in [2.75, 3.05) is 19.8 Å². The summed E-state index contributed by atoms with van der Waals surface area (Å²) in [6, 6.07) is 9.32. The number of benzene rings is 1. The second kappa shape index (κ2) is 10.6. The number of para-hydroxylation sites is 2. The first-order valence-corrected chi connectivity index (χ1v) is 11.3. The molecule has 7 nitrogen and oxygen atoms in total. The Morgan fingerprint density at radius 1 is 1.23 bits per heavy atom. The van der Waals surface area contributed by atoms with Crippen LogP contribution >= 0.6 is 0 Å². The van der Waals surface area contributed by atoms with Gasteiger partial charge in [-0.15, -0.1) is 0 Å². The smallest absolute Gasteiger partial charge is 0.493 e. The summed E-state index contributed by atoms with van der Waals surface area (Å²) in [5.41, 5.74) is 3.14. The molecule has 1 fully saturated rings. The Morgan fingerprint density at radius 3 is 2.71 bits per heavy atom. The summed E-state index contributed by atoms with van der Waals surface area (Å²) < 4.78 is 30.2. The van der Waals surface area contributed by atoms with E-state index in [1.54, 1.807) is 6.20 Å². The summed E-state index contributed by atoms with van der Waals surface area (Å²) in [6.07, 6.45) is 2.08. The van der Waals surface area contributed by atoms with Gasteiger partial charge in [0.1, 0.15) is 5.75 Å². The average Bonchev–Trinajstić information content (AvgIpc) is 3.16. The molecule has 0 saturated carbocycles. The van der Waals surface area contributed by atoms with Crippen LogP contribution in [-0.2, 0) is 26.0 Å². The molecule has 2 aromatic heterocycles. The molecular weight excluding hydrogens is 425 g/mol. The van der Waals surface area contributed by atoms with Gasteiger partial charge in [0.2, 0.25) is 0 Å². The molecule has 1 aromatic carbocycles. The van der Waals surface area contributed by atoms with Crippen molar-refractivity contribution >= 4 is 21.8 Å². The van der Waals surface area contributed by atoms with Crippen LogP contribution in [0.25, 0.3) is 11.0 Å². The third-order valence-electron chi connectivity index (χ3n) is 4.98. The van der Waals surface area contributed by atoms with Crippen molar-refractivity contribution in [3.05, 3.63) is 47.8 Å². The van der Waals surface area contributed by atoms with Crippen LogP contribution in [0, 0.1) is 12.3 Å². The number of hydrogen-bond acceptors (Lipinski definition) is 6. The second-order valence-corrected chi connectivity index (χ2v) is 9.56. The fourth-order valence-corrected chi connectivity index (χ4v) is 4.26. The van der Waals surface area contributed by atoms with Gasteiger partial charge >= 0.3 is 29.6 Å². The molecule has 160 valence electrons. The largest absolute Gasteiger partial charge is 1.00 e. The van der Waals surface area contributed by atoms with Crippen molar-refractivity contribution in [1.82, 2.24) is 15.0 Å². The summed E-state index contributed by atoms with van der Waals surface area (Å²) in [5, 5.41) is 0.332. The second-order valence-electron chi connectivity index (χ2n) is 8.22. The Labute approximate surface area is 207 Å². The average molecular weight is 452 g/mol. The van der Waals surface area contributed by atoms with Gasteiger partial charge in [-0.05, 0) is 24.0 Å². The van der Waals surface area contributed by atoms with Crippen molar-refractivity contribution in [3.63, 3.8) is 0 Å². The molecule has 1 unspecified atom stereocenters. The number of fused-ring (bicyclic) bond motifs is 1. The van der Waals surface area contributed by atoms with E-state index in [0.717, 1.165) is 22.3 Å². The van der Waals surface area contributed by atoms with E-state index in [0.29, 0.717) is 37.1 Å². The summed E-state index contributed by atoms with van der Waals surface area (Å²) in [7, 11) is -1.38. The number of imidazole rings is 1. The molecule has 0 spiro atoms. The maximum Gasteiger partial charge on any atom is 1.00 e. The van der Waals surface area contributed by atoms with Gasteiger partial charge < -0.3 is 24.2 Å². The van der Waals surface area contributed by atoms with Crippen LogP contribution in [0.1, 0.15) is 31.5 Å². The van der Waals surface area contributed by atoms with Gasteiger partial charge in [0.25, 0.3) is 0 Å². The summed E-state index contributed by atoms with van der Waals surface area (Å²) in [5.74, 6) is 0.963. The van der Waals surface area contributed by atoms with E-state index in [9.17, 15) is 4.21 Å². The zero-order chi connectivity index (χ0) is 21.1. The Bertz CT molecular complexity index is 1010. The third kappa shape index (κ3) is 6.15. The first kappa shape index (κ1) is 24.4. The minimum Gasteiger partial charge on any atom is -0.493 e. The van der Waals surface area contributed by atoms with Crippen LogP contribution in [-0.4, -0.2) is 40.3 Å². The normalized spacial score (nSPS) is 17.3. The fourth-order valence-electron chi connectivity index (χ4n) is 3.19. The SMILES string of the molecule is Cc1c(OCCC2OCC(C)(C)CO2)ccnc1CS(=O)c1nc2ccccc2[n-]1.[Na+]. The van der Waals surface area contributed by atoms with E-state index >= 15 is 0 Å². The molecule has 0 radical (unpaired) electrons. The Balaban J connectivity index is 0.00000272. The van der Waals surface area contributed by atoms with E-state index < -0.39 is 10.8 Å². The van der Waals surface area contributed by atoms with Crippen molar-refractivity contribution < 1.29 is 48.0 Å². The fraction of sp³-hybridized carbons (Fsp3) is 0.455. The van der Waals surface area contributed by atoms with Crippen molar-refractivity contribution in [1.29, 1.82) is 0 Å². The Hall–Kier alpha value is -1.29. The number of pyridine rings is 1. The quantitative estimate of drug-likeness (QED) is 0.480. The molecule has 1 atom stereocenters. The van der Waals surface area contributed by atoms with Gasteiger partial charge in [-0.2, -0.15) is 0 Å². The van der Waals surface area contributed by atoms with E-state index in [2.05, 4.69) is 28.8 Å². The number of aromatic nitrogens is 3. The minimum atomic E-state index is -1.38. The number of nitrogens with zero attached hydrogens (tertiary/aromatic N) is 3. The van der Waals surface area contributed by atoms with E-state index in [1.807, 2.05) is 37.3 Å². The van der Waals surface area contributed by atoms with Crippen LogP contribution in [0.15, 0.2) is 41.7 Å². The van der Waals surface area contributed by atoms with Crippen LogP contribution < -0.4 is 39.3 Å². The number of ether oxygens (including phenoxy) is 3. The molecular formula is C22H26N3NaO4S. The monoisotopic (exact) mass is 451 g/mol. The summed E-state index contributed by atoms with van der Waals surface area (Å²) in [4.78, 5) is 13.1. The summed E-state index contributed by atoms with van der Waals surface area (Å²) >= 11 is 0. The Kier molecular flexibility index (Phi) is 8.29. The van der Waals surface area contributed by atoms with Crippen LogP contribution in [0.5, 0.6) is 5.75 Å². The van der Waals surface area contributed by atoms with Gasteiger partial charge in [0.05, 0.1) is 42.1 Å². The van der Waals surface area contributed by atoms with Crippen LogP contribution in [0.3, 0.4) is 0 Å². The van der Waals surface area contributed by atoms with E-state index in [4.69, 9.17) is 14.2 Å². The maximum atomic E-state index is 12.8. The molecule has 3 heterocycles. The van der Waals surface area contributed by atoms with Crippen LogP contribution in [0.2, 0.25) is 0 Å². The zero-order valence-electron chi connectivity index (χ0n) is 18.5. The van der Waals surface area contributed by atoms with Gasteiger partial charge in [0, 0.05) is 28.8 Å². The van der Waals surface area contributed by atoms with Crippen molar-refractivity contribution in [2.24, 2.45) is 5.41 Å². The van der Waals surface area contributed by atoms with Gasteiger partial charge in [-0.1, -0.05) is 38.1 Å². The van der Waals surface area contributed by atoms with Crippen molar-refractivity contribution in [3.8, 4) is 5.75 Å². The number of hydrogen-bond donors (Lipinski definition) is 0. The molecule has 1 aliphatic rings. The molecule has 0 amide bonds. The molecule has 3 aromatic rings. The van der Waals surface area contributed by atoms with Gasteiger partial charge in [0.15, 0.2) is 6.29 Å². The van der Waals surface area contributed by atoms with Gasteiger partial charge in [-0.25, -0.2) is 0 Å². The first-order valence-electron chi connectivity index (χ1n) is 10.00. The standard InChI is InChI=1S/C22H26N3O4S.Na/c1-15-18(12-30(26)21-24-16-6-4-5-7-17(16)25-21)23-10-8-19(15)27-11-9-20-28-13-22(2,3)14-29-20;/h4-8,10,20H,9,11-14H2,1-3H3;/q-1;+1. The predicted octanol–water partition coefficient (Wildman–Crippen LogP) is 0.375. The van der Waals surface area contributed by atoms with Crippen molar-refractivity contribution in [2.45, 2.75) is 44.4 Å². The number of rotatable bonds is 7. The predicted molar refractivity (Wildman–Crippen MR) is 114 cm³/mol. The zero-order valence-corrected chi connectivity index (χ0v) is 21.3.